The van der Waals surface area contributed by atoms with E-state index in [0.717, 1.165) is 44.9 Å². The predicted octanol–water partition coefficient (Wildman–Crippen LogP) is 3.08. The smallest absolute Gasteiger partial charge is 0.191 e. The molecular formula is C21H31N5S. The van der Waals surface area contributed by atoms with Crippen LogP contribution in [0.2, 0.25) is 0 Å². The molecule has 3 rings (SSSR count). The molecular weight excluding hydrogens is 354 g/mol. The van der Waals surface area contributed by atoms with Gasteiger partial charge < -0.3 is 10.6 Å². The molecule has 146 valence electrons. The van der Waals surface area contributed by atoms with Gasteiger partial charge in [-0.05, 0) is 25.3 Å². The number of guanidine groups is 1. The third kappa shape index (κ3) is 5.78. The van der Waals surface area contributed by atoms with Crippen molar-refractivity contribution in [1.82, 2.24) is 20.5 Å². The zero-order valence-electron chi connectivity index (χ0n) is 16.6. The van der Waals surface area contributed by atoms with Crippen LogP contribution in [0.5, 0.6) is 0 Å². The molecule has 2 unspecified atom stereocenters. The average Bonchev–Trinajstić information content (AvgIpc) is 3.28. The highest BCUT2D eigenvalue weighted by atomic mass is 32.1. The second kappa shape index (κ2) is 9.85. The standard InChI is InChI=1S/C21H31N5S/c1-4-20-24-18(15-27-20)10-11-23-21(22-3)25-19-12-16(2)26(14-19)13-17-8-6-5-7-9-17/h5-9,15-16,19H,4,10-14H2,1-3H3,(H2,22,23,25). The third-order valence-corrected chi connectivity index (χ3v) is 6.11. The van der Waals surface area contributed by atoms with Crippen molar-refractivity contribution in [1.29, 1.82) is 0 Å². The van der Waals surface area contributed by atoms with Crippen LogP contribution >= 0.6 is 11.3 Å². The molecule has 1 aromatic carbocycles. The van der Waals surface area contributed by atoms with Crippen LogP contribution < -0.4 is 10.6 Å². The van der Waals surface area contributed by atoms with E-state index in [1.54, 1.807) is 11.3 Å². The zero-order chi connectivity index (χ0) is 19.1. The molecule has 0 saturated carbocycles. The summed E-state index contributed by atoms with van der Waals surface area (Å²) in [4.78, 5) is 11.6. The highest BCUT2D eigenvalue weighted by molar-refractivity contribution is 7.09. The summed E-state index contributed by atoms with van der Waals surface area (Å²) in [6.07, 6.45) is 3.08. The number of aryl methyl sites for hydroxylation is 1. The number of aliphatic imine (C=N–C) groups is 1. The Labute approximate surface area is 166 Å². The molecule has 1 aliphatic heterocycles. The second-order valence-electron chi connectivity index (χ2n) is 7.18. The molecule has 2 atom stereocenters. The summed E-state index contributed by atoms with van der Waals surface area (Å²) in [5.41, 5.74) is 2.55. The molecule has 5 nitrogen and oxygen atoms in total. The van der Waals surface area contributed by atoms with Gasteiger partial charge in [0, 0.05) is 50.6 Å². The van der Waals surface area contributed by atoms with Gasteiger partial charge in [-0.2, -0.15) is 0 Å². The van der Waals surface area contributed by atoms with Crippen LogP contribution in [-0.2, 0) is 19.4 Å². The molecule has 0 aliphatic carbocycles. The molecule has 0 radical (unpaired) electrons. The second-order valence-corrected chi connectivity index (χ2v) is 8.12. The lowest BCUT2D eigenvalue weighted by atomic mass is 10.2. The predicted molar refractivity (Wildman–Crippen MR) is 114 cm³/mol. The van der Waals surface area contributed by atoms with Crippen LogP contribution in [-0.4, -0.2) is 48.1 Å². The fourth-order valence-corrected chi connectivity index (χ4v) is 4.34. The Morgan fingerprint density at radius 3 is 2.85 bits per heavy atom. The number of likely N-dealkylation sites (tertiary alicyclic amines) is 1. The first kappa shape index (κ1) is 19.8. The van der Waals surface area contributed by atoms with Crippen molar-refractivity contribution in [3.05, 3.63) is 52.0 Å². The minimum absolute atomic E-state index is 0.431. The zero-order valence-corrected chi connectivity index (χ0v) is 17.4. The summed E-state index contributed by atoms with van der Waals surface area (Å²) in [6.45, 7) is 7.37. The molecule has 1 aromatic heterocycles. The molecule has 27 heavy (non-hydrogen) atoms. The summed E-state index contributed by atoms with van der Waals surface area (Å²) in [5.74, 6) is 0.889. The highest BCUT2D eigenvalue weighted by Crippen LogP contribution is 2.20. The van der Waals surface area contributed by atoms with Gasteiger partial charge in [-0.3, -0.25) is 9.89 Å². The molecule has 0 bridgehead atoms. The van der Waals surface area contributed by atoms with Crippen molar-refractivity contribution < 1.29 is 0 Å². The van der Waals surface area contributed by atoms with E-state index in [0.29, 0.717) is 12.1 Å². The third-order valence-electron chi connectivity index (χ3n) is 5.07. The summed E-state index contributed by atoms with van der Waals surface area (Å²) in [7, 11) is 1.84. The van der Waals surface area contributed by atoms with Gasteiger partial charge in [-0.25, -0.2) is 4.98 Å². The van der Waals surface area contributed by atoms with E-state index in [1.165, 1.54) is 16.3 Å². The van der Waals surface area contributed by atoms with Crippen molar-refractivity contribution in [2.24, 2.45) is 4.99 Å². The van der Waals surface area contributed by atoms with E-state index in [4.69, 9.17) is 0 Å². The minimum Gasteiger partial charge on any atom is -0.356 e. The number of benzene rings is 1. The molecule has 6 heteroatoms. The summed E-state index contributed by atoms with van der Waals surface area (Å²) < 4.78 is 0. The molecule has 2 aromatic rings. The van der Waals surface area contributed by atoms with Gasteiger partial charge in [-0.1, -0.05) is 37.3 Å². The number of nitrogens with one attached hydrogen (secondary N) is 2. The van der Waals surface area contributed by atoms with Crippen LogP contribution in [0.1, 0.15) is 36.5 Å². The molecule has 2 N–H and O–H groups in total. The number of nitrogens with zero attached hydrogens (tertiary/aromatic N) is 3. The lowest BCUT2D eigenvalue weighted by Gasteiger charge is -2.21. The maximum Gasteiger partial charge on any atom is 0.191 e. The Balaban J connectivity index is 1.44. The molecule has 0 spiro atoms. The average molecular weight is 386 g/mol. The number of aromatic nitrogens is 1. The van der Waals surface area contributed by atoms with Gasteiger partial charge in [0.05, 0.1) is 10.7 Å². The van der Waals surface area contributed by atoms with Crippen LogP contribution in [0.15, 0.2) is 40.7 Å². The molecule has 1 aliphatic rings. The number of rotatable bonds is 7. The molecule has 0 amide bonds. The Bertz CT molecular complexity index is 727. The van der Waals surface area contributed by atoms with Crippen molar-refractivity contribution in [2.45, 2.75) is 51.7 Å². The van der Waals surface area contributed by atoms with Gasteiger partial charge in [0.2, 0.25) is 0 Å². The van der Waals surface area contributed by atoms with Crippen molar-refractivity contribution >= 4 is 17.3 Å². The minimum atomic E-state index is 0.431. The fraction of sp³-hybridized carbons (Fsp3) is 0.524. The summed E-state index contributed by atoms with van der Waals surface area (Å²) in [5, 5.41) is 10.4. The van der Waals surface area contributed by atoms with Crippen LogP contribution in [0.25, 0.3) is 0 Å². The monoisotopic (exact) mass is 385 g/mol. The first-order valence-electron chi connectivity index (χ1n) is 9.86. The SMILES string of the molecule is CCc1nc(CCNC(=NC)NC2CC(C)N(Cc3ccccc3)C2)cs1. The Kier molecular flexibility index (Phi) is 7.24. The summed E-state index contributed by atoms with van der Waals surface area (Å²) >= 11 is 1.75. The largest absolute Gasteiger partial charge is 0.356 e. The maximum absolute atomic E-state index is 4.63. The van der Waals surface area contributed by atoms with Crippen LogP contribution in [0.3, 0.4) is 0 Å². The normalized spacial score (nSPS) is 20.8. The maximum atomic E-state index is 4.63. The molecule has 1 saturated heterocycles. The van der Waals surface area contributed by atoms with Gasteiger partial charge >= 0.3 is 0 Å². The van der Waals surface area contributed by atoms with Crippen LogP contribution in [0.4, 0.5) is 0 Å². The van der Waals surface area contributed by atoms with E-state index in [2.05, 4.69) is 75.1 Å². The first-order chi connectivity index (χ1) is 13.2. The molecule has 2 heterocycles. The Hall–Kier alpha value is -1.92. The first-order valence-corrected chi connectivity index (χ1v) is 10.7. The van der Waals surface area contributed by atoms with E-state index < -0.39 is 0 Å². The Morgan fingerprint density at radius 1 is 1.33 bits per heavy atom. The van der Waals surface area contributed by atoms with E-state index in [9.17, 15) is 0 Å². The van der Waals surface area contributed by atoms with Crippen LogP contribution in [0, 0.1) is 0 Å². The quantitative estimate of drug-likeness (QED) is 0.568. The summed E-state index contributed by atoms with van der Waals surface area (Å²) in [6, 6.07) is 11.7. The van der Waals surface area contributed by atoms with Crippen molar-refractivity contribution in [3.63, 3.8) is 0 Å². The topological polar surface area (TPSA) is 52.6 Å². The van der Waals surface area contributed by atoms with Gasteiger partial charge in [-0.15, -0.1) is 11.3 Å². The number of hydrogen-bond donors (Lipinski definition) is 2. The van der Waals surface area contributed by atoms with E-state index >= 15 is 0 Å². The van der Waals surface area contributed by atoms with Crippen molar-refractivity contribution in [3.8, 4) is 0 Å². The lowest BCUT2D eigenvalue weighted by Crippen LogP contribution is -2.45. The van der Waals surface area contributed by atoms with Gasteiger partial charge in [0.1, 0.15) is 0 Å². The highest BCUT2D eigenvalue weighted by Gasteiger charge is 2.29. The van der Waals surface area contributed by atoms with E-state index in [1.807, 2.05) is 7.05 Å². The number of thiazole rings is 1. The van der Waals surface area contributed by atoms with E-state index in [-0.39, 0.29) is 0 Å². The van der Waals surface area contributed by atoms with Gasteiger partial charge in [0.15, 0.2) is 5.96 Å². The van der Waals surface area contributed by atoms with Crippen molar-refractivity contribution in [2.75, 3.05) is 20.1 Å². The lowest BCUT2D eigenvalue weighted by molar-refractivity contribution is 0.258. The fourth-order valence-electron chi connectivity index (χ4n) is 3.56. The number of hydrogen-bond acceptors (Lipinski definition) is 4. The molecule has 1 fully saturated rings. The Morgan fingerprint density at radius 2 is 2.15 bits per heavy atom. The van der Waals surface area contributed by atoms with Gasteiger partial charge in [0.25, 0.3) is 0 Å².